The third-order valence-corrected chi connectivity index (χ3v) is 5.63. The minimum atomic E-state index is -0.888. The standard InChI is InChI=1S/C23H20O9/c24-15-3-1-2-10-8-20(32-23(31)12-6-18(27)22(30)19(28)7-12)14(9-13(10)15)11-4-16(25)21(29)17(26)5-11/h1-7,14,20,24-30H,8-9H2/t14-,20-/m0/s1. The fourth-order valence-corrected chi connectivity index (χ4v) is 3.98. The van der Waals surface area contributed by atoms with E-state index in [1.807, 2.05) is 0 Å². The first-order valence-corrected chi connectivity index (χ1v) is 9.66. The third-order valence-electron chi connectivity index (χ3n) is 5.63. The van der Waals surface area contributed by atoms with Gasteiger partial charge in [-0.3, -0.25) is 0 Å². The van der Waals surface area contributed by atoms with Crippen LogP contribution >= 0.6 is 0 Å². The lowest BCUT2D eigenvalue weighted by molar-refractivity contribution is 0.0214. The molecule has 3 aromatic rings. The maximum absolute atomic E-state index is 12.8. The van der Waals surface area contributed by atoms with Gasteiger partial charge in [-0.25, -0.2) is 4.79 Å². The second kappa shape index (κ2) is 7.77. The van der Waals surface area contributed by atoms with Crippen molar-refractivity contribution in [3.05, 3.63) is 64.7 Å². The molecule has 0 amide bonds. The van der Waals surface area contributed by atoms with Gasteiger partial charge >= 0.3 is 5.97 Å². The van der Waals surface area contributed by atoms with Crippen LogP contribution in [0, 0.1) is 0 Å². The van der Waals surface area contributed by atoms with Crippen molar-refractivity contribution < 1.29 is 45.3 Å². The fourth-order valence-electron chi connectivity index (χ4n) is 3.98. The molecule has 0 aromatic heterocycles. The molecule has 0 radical (unpaired) electrons. The van der Waals surface area contributed by atoms with Gasteiger partial charge in [-0.2, -0.15) is 0 Å². The summed E-state index contributed by atoms with van der Waals surface area (Å²) in [7, 11) is 0. The Bertz CT molecular complexity index is 1170. The highest BCUT2D eigenvalue weighted by Gasteiger charge is 2.35. The van der Waals surface area contributed by atoms with Gasteiger partial charge in [-0.1, -0.05) is 12.1 Å². The smallest absolute Gasteiger partial charge is 0.338 e. The molecule has 9 heteroatoms. The van der Waals surface area contributed by atoms with Gasteiger partial charge in [0, 0.05) is 12.3 Å². The van der Waals surface area contributed by atoms with Crippen LogP contribution in [0.15, 0.2) is 42.5 Å². The lowest BCUT2D eigenvalue weighted by atomic mass is 9.77. The van der Waals surface area contributed by atoms with E-state index in [-0.39, 0.29) is 24.2 Å². The number of carbonyl (C=O) groups excluding carboxylic acids is 1. The number of fused-ring (bicyclic) bond motifs is 1. The summed E-state index contributed by atoms with van der Waals surface area (Å²) in [5.74, 6) is -5.40. The minimum absolute atomic E-state index is 0.0536. The van der Waals surface area contributed by atoms with Crippen LogP contribution in [0.4, 0.5) is 0 Å². The summed E-state index contributed by atoms with van der Waals surface area (Å²) in [6.07, 6.45) is -0.424. The largest absolute Gasteiger partial charge is 0.508 e. The second-order valence-corrected chi connectivity index (χ2v) is 7.64. The summed E-state index contributed by atoms with van der Waals surface area (Å²) in [5.41, 5.74) is 1.52. The first kappa shape index (κ1) is 21.0. The van der Waals surface area contributed by atoms with Crippen LogP contribution in [0.5, 0.6) is 40.2 Å². The molecule has 0 saturated carbocycles. The Morgan fingerprint density at radius 1 is 0.750 bits per heavy atom. The average Bonchev–Trinajstić information content (AvgIpc) is 2.75. The van der Waals surface area contributed by atoms with Crippen molar-refractivity contribution in [3.8, 4) is 40.2 Å². The molecule has 3 aromatic carbocycles. The summed E-state index contributed by atoms with van der Waals surface area (Å²) in [5, 5.41) is 68.7. The lowest BCUT2D eigenvalue weighted by Crippen LogP contribution is -2.33. The number of aromatic hydroxyl groups is 7. The Hall–Kier alpha value is -4.27. The van der Waals surface area contributed by atoms with E-state index in [0.717, 1.165) is 17.7 Å². The summed E-state index contributed by atoms with van der Waals surface area (Å²) in [6, 6.07) is 9.33. The molecule has 9 nitrogen and oxygen atoms in total. The van der Waals surface area contributed by atoms with Gasteiger partial charge in [-0.15, -0.1) is 0 Å². The Balaban J connectivity index is 1.73. The van der Waals surface area contributed by atoms with Gasteiger partial charge in [0.1, 0.15) is 11.9 Å². The molecule has 32 heavy (non-hydrogen) atoms. The zero-order chi connectivity index (χ0) is 23.2. The van der Waals surface area contributed by atoms with Crippen LogP contribution < -0.4 is 0 Å². The number of rotatable bonds is 3. The second-order valence-electron chi connectivity index (χ2n) is 7.64. The van der Waals surface area contributed by atoms with Gasteiger partial charge in [0.25, 0.3) is 0 Å². The van der Waals surface area contributed by atoms with E-state index < -0.39 is 52.5 Å². The molecule has 0 unspecified atom stereocenters. The highest BCUT2D eigenvalue weighted by atomic mass is 16.5. The van der Waals surface area contributed by atoms with Crippen molar-refractivity contribution in [2.75, 3.05) is 0 Å². The van der Waals surface area contributed by atoms with E-state index >= 15 is 0 Å². The molecule has 0 bridgehead atoms. The number of phenols is 7. The quantitative estimate of drug-likeness (QED) is 0.239. The highest BCUT2D eigenvalue weighted by molar-refractivity contribution is 5.91. The molecule has 2 atom stereocenters. The van der Waals surface area contributed by atoms with Crippen LogP contribution in [0.2, 0.25) is 0 Å². The Morgan fingerprint density at radius 3 is 1.91 bits per heavy atom. The summed E-state index contributed by atoms with van der Waals surface area (Å²) in [6.45, 7) is 0. The minimum Gasteiger partial charge on any atom is -0.508 e. The van der Waals surface area contributed by atoms with Gasteiger partial charge in [-0.05, 0) is 53.4 Å². The molecule has 0 aliphatic heterocycles. The predicted molar refractivity (Wildman–Crippen MR) is 110 cm³/mol. The highest BCUT2D eigenvalue weighted by Crippen LogP contribution is 2.44. The van der Waals surface area contributed by atoms with Gasteiger partial charge < -0.3 is 40.5 Å². The Labute approximate surface area is 181 Å². The van der Waals surface area contributed by atoms with Crippen molar-refractivity contribution in [3.63, 3.8) is 0 Å². The molecule has 0 spiro atoms. The molecular formula is C23H20O9. The molecule has 1 aliphatic rings. The maximum Gasteiger partial charge on any atom is 0.338 e. The van der Waals surface area contributed by atoms with Crippen molar-refractivity contribution in [2.45, 2.75) is 24.9 Å². The molecule has 0 fully saturated rings. The first-order chi connectivity index (χ1) is 15.2. The summed E-state index contributed by atoms with van der Waals surface area (Å²) in [4.78, 5) is 12.8. The number of phenolic OH excluding ortho intramolecular Hbond substituents is 7. The number of carbonyl (C=O) groups is 1. The molecule has 4 rings (SSSR count). The van der Waals surface area contributed by atoms with Crippen LogP contribution in [-0.2, 0) is 17.6 Å². The van der Waals surface area contributed by atoms with Gasteiger partial charge in [0.15, 0.2) is 34.5 Å². The monoisotopic (exact) mass is 440 g/mol. The lowest BCUT2D eigenvalue weighted by Gasteiger charge is -2.33. The fraction of sp³-hybridized carbons (Fsp3) is 0.174. The SMILES string of the molecule is O=C(O[C@H]1Cc2cccc(O)c2C[C@H]1c1cc(O)c(O)c(O)c1)c1cc(O)c(O)c(O)c1. The summed E-state index contributed by atoms with van der Waals surface area (Å²) >= 11 is 0. The van der Waals surface area contributed by atoms with Crippen molar-refractivity contribution >= 4 is 5.97 Å². The van der Waals surface area contributed by atoms with Gasteiger partial charge in [0.2, 0.25) is 0 Å². The van der Waals surface area contributed by atoms with Gasteiger partial charge in [0.05, 0.1) is 5.56 Å². The van der Waals surface area contributed by atoms with E-state index in [1.165, 1.54) is 18.2 Å². The molecule has 166 valence electrons. The van der Waals surface area contributed by atoms with Crippen molar-refractivity contribution in [1.82, 2.24) is 0 Å². The number of hydrogen-bond acceptors (Lipinski definition) is 9. The predicted octanol–water partition coefficient (Wildman–Crippen LogP) is 2.73. The van der Waals surface area contributed by atoms with Crippen molar-refractivity contribution in [2.24, 2.45) is 0 Å². The topological polar surface area (TPSA) is 168 Å². The average molecular weight is 440 g/mol. The number of benzene rings is 3. The van der Waals surface area contributed by atoms with Crippen LogP contribution in [-0.4, -0.2) is 47.8 Å². The Kier molecular flexibility index (Phi) is 5.09. The molecule has 0 heterocycles. The van der Waals surface area contributed by atoms with E-state index in [0.29, 0.717) is 11.1 Å². The van der Waals surface area contributed by atoms with E-state index in [4.69, 9.17) is 4.74 Å². The molecule has 7 N–H and O–H groups in total. The molecular weight excluding hydrogens is 420 g/mol. The van der Waals surface area contributed by atoms with Crippen LogP contribution in [0.3, 0.4) is 0 Å². The van der Waals surface area contributed by atoms with E-state index in [1.54, 1.807) is 12.1 Å². The maximum atomic E-state index is 12.8. The zero-order valence-electron chi connectivity index (χ0n) is 16.6. The molecule has 1 aliphatic carbocycles. The van der Waals surface area contributed by atoms with Crippen LogP contribution in [0.25, 0.3) is 0 Å². The Morgan fingerprint density at radius 2 is 1.31 bits per heavy atom. The van der Waals surface area contributed by atoms with Crippen LogP contribution in [0.1, 0.15) is 33.0 Å². The third kappa shape index (κ3) is 3.64. The number of ether oxygens (including phenoxy) is 1. The van der Waals surface area contributed by atoms with E-state index in [9.17, 15) is 40.5 Å². The number of esters is 1. The number of hydrogen-bond donors (Lipinski definition) is 7. The van der Waals surface area contributed by atoms with E-state index in [2.05, 4.69) is 0 Å². The normalized spacial score (nSPS) is 17.5. The van der Waals surface area contributed by atoms with Crippen molar-refractivity contribution in [1.29, 1.82) is 0 Å². The zero-order valence-corrected chi connectivity index (χ0v) is 16.6. The first-order valence-electron chi connectivity index (χ1n) is 9.66. The summed E-state index contributed by atoms with van der Waals surface area (Å²) < 4.78 is 5.65. The molecule has 0 saturated heterocycles.